The minimum atomic E-state index is -1.73. The molecule has 51 heavy (non-hydrogen) atoms. The molecule has 3 N–H and O–H groups in total. The molecule has 1 aliphatic heterocycles. The van der Waals surface area contributed by atoms with Gasteiger partial charge in [0.25, 0.3) is 11.8 Å². The highest BCUT2D eigenvalue weighted by atomic mass is 35.5. The monoisotopic (exact) mass is 732 g/mol. The molecule has 1 aliphatic rings. The summed E-state index contributed by atoms with van der Waals surface area (Å²) in [5.74, 6) is -4.67. The molecule has 0 bridgehead atoms. The molecular weight excluding hydrogens is 699 g/mol. The van der Waals surface area contributed by atoms with Gasteiger partial charge in [-0.2, -0.15) is 0 Å². The number of benzene rings is 3. The van der Waals surface area contributed by atoms with Gasteiger partial charge in [-0.1, -0.05) is 96.8 Å². The van der Waals surface area contributed by atoms with Gasteiger partial charge in [0.05, 0.1) is 44.9 Å². The average molecular weight is 734 g/mol. The number of amides is 2. The van der Waals surface area contributed by atoms with Gasteiger partial charge in [0, 0.05) is 24.4 Å². The maximum Gasteiger partial charge on any atom is 0.341 e. The zero-order chi connectivity index (χ0) is 36.7. The summed E-state index contributed by atoms with van der Waals surface area (Å²) in [6, 6.07) is 19.9. The number of carboxylic acid groups (broad SMARTS) is 1. The molecule has 0 fully saturated rings. The Hall–Kier alpha value is -5.33. The van der Waals surface area contributed by atoms with E-state index in [0.29, 0.717) is 27.7 Å². The van der Waals surface area contributed by atoms with Crippen molar-refractivity contribution in [3.63, 3.8) is 0 Å². The summed E-state index contributed by atoms with van der Waals surface area (Å²) in [5.41, 5.74) is 0.239. The molecule has 0 saturated carbocycles. The maximum absolute atomic E-state index is 14.2. The number of fused-ring (bicyclic) bond motifs is 1. The van der Waals surface area contributed by atoms with E-state index >= 15 is 0 Å². The number of carbonyl (C=O) groups excluding carboxylic acids is 4. The first kappa shape index (κ1) is 36.9. The molecule has 0 saturated heterocycles. The molecule has 1 aromatic heterocycles. The fourth-order valence-electron chi connectivity index (χ4n) is 5.75. The summed E-state index contributed by atoms with van der Waals surface area (Å²) in [6.45, 7) is 2.89. The van der Waals surface area contributed by atoms with E-state index in [4.69, 9.17) is 32.8 Å². The van der Waals surface area contributed by atoms with E-state index in [0.717, 1.165) is 0 Å². The molecule has 14 heteroatoms. The van der Waals surface area contributed by atoms with E-state index in [9.17, 15) is 29.1 Å². The molecule has 264 valence electrons. The van der Waals surface area contributed by atoms with E-state index in [-0.39, 0.29) is 40.3 Å². The zero-order valence-electron chi connectivity index (χ0n) is 27.6. The van der Waals surface area contributed by atoms with Crippen molar-refractivity contribution in [2.24, 2.45) is 11.1 Å². The normalized spacial score (nSPS) is 16.5. The van der Waals surface area contributed by atoms with Crippen molar-refractivity contribution in [3.8, 4) is 0 Å². The number of ketones is 1. The largest absolute Gasteiger partial charge is 0.481 e. The second-order valence-electron chi connectivity index (χ2n) is 12.3. The summed E-state index contributed by atoms with van der Waals surface area (Å²) in [6.07, 6.45) is 0.639. The van der Waals surface area contributed by atoms with E-state index in [1.54, 1.807) is 54.7 Å². The van der Waals surface area contributed by atoms with Crippen molar-refractivity contribution in [1.82, 2.24) is 15.6 Å². The topological polar surface area (TPSA) is 173 Å². The Bertz CT molecular complexity index is 1980. The lowest BCUT2D eigenvalue weighted by Crippen LogP contribution is -2.55. The number of aliphatic carboxylic acids is 1. The molecule has 2 heterocycles. The first-order valence-electron chi connectivity index (χ1n) is 16.0. The number of hydrogen-bond acceptors (Lipinski definition) is 9. The number of esters is 1. The third-order valence-corrected chi connectivity index (χ3v) is 8.97. The van der Waals surface area contributed by atoms with Crippen LogP contribution < -0.4 is 10.6 Å². The van der Waals surface area contributed by atoms with Gasteiger partial charge in [-0.05, 0) is 35.7 Å². The van der Waals surface area contributed by atoms with Gasteiger partial charge in [-0.3, -0.25) is 24.2 Å². The molecule has 2 amide bonds. The van der Waals surface area contributed by atoms with E-state index in [1.807, 2.05) is 26.0 Å². The Morgan fingerprint density at radius 1 is 0.922 bits per heavy atom. The number of rotatable bonds is 14. The molecule has 3 atom stereocenters. The molecule has 0 spiro atoms. The molecule has 3 aromatic carbocycles. The number of Topliss-reactive ketones (excluding diaryl/α,β-unsaturated/α-hetero) is 1. The van der Waals surface area contributed by atoms with Crippen molar-refractivity contribution < 1.29 is 38.7 Å². The van der Waals surface area contributed by atoms with Gasteiger partial charge >= 0.3 is 11.9 Å². The standard InChI is InChI=1S/C37H34Cl2N4O8/c1-21(2)33(42-34(47)24-15-16-40-27-14-7-6-11-23(24)27)29-19-37(51-43-29,18-22-9-4-3-5-10-22)36(49)41-28(17-31(45)46)30(44)20-50-35(48)32-25(38)12-8-13-26(32)39/h3-16,21,28,33H,17-20H2,1-2H3,(H,41,49)(H,42,47)(H,45,46)/t28-,33-,37?/m0/s1. The molecule has 0 aliphatic carbocycles. The highest BCUT2D eigenvalue weighted by Gasteiger charge is 2.49. The van der Waals surface area contributed by atoms with Crippen LogP contribution in [0.2, 0.25) is 10.0 Å². The van der Waals surface area contributed by atoms with Crippen LogP contribution in [0.25, 0.3) is 10.9 Å². The minimum absolute atomic E-state index is 0.00241. The lowest BCUT2D eigenvalue weighted by atomic mass is 9.84. The van der Waals surface area contributed by atoms with E-state index in [1.165, 1.54) is 18.2 Å². The van der Waals surface area contributed by atoms with Crippen LogP contribution in [0.1, 0.15) is 53.0 Å². The smallest absolute Gasteiger partial charge is 0.341 e. The Morgan fingerprint density at radius 3 is 2.29 bits per heavy atom. The third kappa shape index (κ3) is 8.70. The van der Waals surface area contributed by atoms with Crippen molar-refractivity contribution in [2.75, 3.05) is 6.61 Å². The predicted octanol–water partition coefficient (Wildman–Crippen LogP) is 5.44. The minimum Gasteiger partial charge on any atom is -0.481 e. The number of oxime groups is 1. The molecule has 1 unspecified atom stereocenters. The first-order chi connectivity index (χ1) is 24.4. The molecule has 5 rings (SSSR count). The summed E-state index contributed by atoms with van der Waals surface area (Å²) >= 11 is 12.1. The maximum atomic E-state index is 14.2. The fraction of sp³-hybridized carbons (Fsp3) is 0.270. The lowest BCUT2D eigenvalue weighted by molar-refractivity contribution is -0.148. The van der Waals surface area contributed by atoms with Crippen molar-refractivity contribution in [3.05, 3.63) is 112 Å². The van der Waals surface area contributed by atoms with Crippen molar-refractivity contribution in [1.29, 1.82) is 0 Å². The number of para-hydroxylation sites is 1. The second kappa shape index (κ2) is 16.1. The predicted molar refractivity (Wildman–Crippen MR) is 190 cm³/mol. The van der Waals surface area contributed by atoms with Crippen LogP contribution in [0.5, 0.6) is 0 Å². The summed E-state index contributed by atoms with van der Waals surface area (Å²) in [5, 5.41) is 20.1. The quantitative estimate of drug-likeness (QED) is 0.143. The fourth-order valence-corrected chi connectivity index (χ4v) is 6.30. The van der Waals surface area contributed by atoms with Crippen LogP contribution >= 0.6 is 23.2 Å². The SMILES string of the molecule is CC(C)[C@H](NC(=O)c1ccnc2ccccc12)C1=NOC(Cc2ccccc2)(C(=O)N[C@@H](CC(=O)O)C(=O)COC(=O)c2c(Cl)cccc2Cl)C1. The van der Waals surface area contributed by atoms with Crippen LogP contribution in [0.3, 0.4) is 0 Å². The molecule has 0 radical (unpaired) electrons. The Balaban J connectivity index is 1.36. The van der Waals surface area contributed by atoms with Gasteiger partial charge in [0.15, 0.2) is 12.4 Å². The Kier molecular flexibility index (Phi) is 11.7. The lowest BCUT2D eigenvalue weighted by Gasteiger charge is -2.29. The van der Waals surface area contributed by atoms with Crippen LogP contribution in [-0.2, 0) is 30.4 Å². The molecular formula is C37H34Cl2N4O8. The highest BCUT2D eigenvalue weighted by Crippen LogP contribution is 2.32. The number of hydrogen-bond donors (Lipinski definition) is 3. The number of carboxylic acids is 1. The number of nitrogens with one attached hydrogen (secondary N) is 2. The summed E-state index contributed by atoms with van der Waals surface area (Å²) < 4.78 is 5.12. The van der Waals surface area contributed by atoms with Gasteiger partial charge < -0.3 is 25.3 Å². The first-order valence-corrected chi connectivity index (χ1v) is 16.7. The van der Waals surface area contributed by atoms with Crippen LogP contribution in [-0.4, -0.2) is 69.6 Å². The zero-order valence-corrected chi connectivity index (χ0v) is 29.1. The number of aromatic nitrogens is 1. The van der Waals surface area contributed by atoms with Crippen molar-refractivity contribution in [2.45, 2.75) is 50.8 Å². The van der Waals surface area contributed by atoms with E-state index in [2.05, 4.69) is 20.8 Å². The Morgan fingerprint density at radius 2 is 1.61 bits per heavy atom. The van der Waals surface area contributed by atoms with Gasteiger partial charge in [-0.15, -0.1) is 0 Å². The van der Waals surface area contributed by atoms with Gasteiger partial charge in [0.1, 0.15) is 6.04 Å². The number of halogens is 2. The van der Waals surface area contributed by atoms with Gasteiger partial charge in [0.2, 0.25) is 5.60 Å². The number of carbonyl (C=O) groups is 5. The van der Waals surface area contributed by atoms with E-state index < -0.39 is 54.3 Å². The average Bonchev–Trinajstić information content (AvgIpc) is 3.53. The van der Waals surface area contributed by atoms with Crippen LogP contribution in [0.15, 0.2) is 90.2 Å². The summed E-state index contributed by atoms with van der Waals surface area (Å²) in [4.78, 5) is 75.8. The van der Waals surface area contributed by atoms with Gasteiger partial charge in [-0.25, -0.2) is 4.79 Å². The molecule has 12 nitrogen and oxygen atoms in total. The van der Waals surface area contributed by atoms with Crippen LogP contribution in [0.4, 0.5) is 0 Å². The van der Waals surface area contributed by atoms with Crippen molar-refractivity contribution >= 4 is 69.4 Å². The number of nitrogens with zero attached hydrogens (tertiary/aromatic N) is 2. The molecule has 4 aromatic rings. The van der Waals surface area contributed by atoms with Crippen LogP contribution in [0, 0.1) is 5.92 Å². The number of pyridine rings is 1. The Labute approximate surface area is 303 Å². The highest BCUT2D eigenvalue weighted by molar-refractivity contribution is 6.39. The third-order valence-electron chi connectivity index (χ3n) is 8.34. The second-order valence-corrected chi connectivity index (χ2v) is 13.2. The number of ether oxygens (including phenoxy) is 1. The summed E-state index contributed by atoms with van der Waals surface area (Å²) in [7, 11) is 0.